The first kappa shape index (κ1) is 11.2. The van der Waals surface area contributed by atoms with Crippen LogP contribution in [0.25, 0.3) is 10.8 Å². The molecule has 0 radical (unpaired) electrons. The number of amides is 2. The molecule has 4 rings (SSSR count). The van der Waals surface area contributed by atoms with Gasteiger partial charge in [-0.3, -0.25) is 14.5 Å². The molecule has 0 bridgehead atoms. The van der Waals surface area contributed by atoms with Crippen molar-refractivity contribution in [1.82, 2.24) is 4.90 Å². The van der Waals surface area contributed by atoms with Gasteiger partial charge in [0.15, 0.2) is 0 Å². The van der Waals surface area contributed by atoms with Crippen molar-refractivity contribution in [2.45, 2.75) is 6.04 Å². The maximum Gasteiger partial charge on any atom is 0.262 e. The van der Waals surface area contributed by atoms with Crippen LogP contribution in [0.5, 0.6) is 0 Å². The third-order valence-corrected chi connectivity index (χ3v) is 3.84. The Morgan fingerprint density at radius 1 is 0.850 bits per heavy atom. The average molecular weight is 261 g/mol. The first-order chi connectivity index (χ1) is 9.77. The summed E-state index contributed by atoms with van der Waals surface area (Å²) in [4.78, 5) is 26.5. The number of hydrogen-bond donors (Lipinski definition) is 0. The van der Waals surface area contributed by atoms with Crippen molar-refractivity contribution < 1.29 is 9.59 Å². The van der Waals surface area contributed by atoms with Gasteiger partial charge >= 0.3 is 0 Å². The number of allylic oxidation sites excluding steroid dienone is 2. The Balaban J connectivity index is 1.95. The highest BCUT2D eigenvalue weighted by Gasteiger charge is 2.39. The molecule has 0 atom stereocenters. The number of carbonyl (C=O) groups excluding carboxylic acids is 2. The highest BCUT2D eigenvalue weighted by Crippen LogP contribution is 2.32. The summed E-state index contributed by atoms with van der Waals surface area (Å²) in [5.74, 6) is -0.417. The molecule has 3 heteroatoms. The first-order valence-electron chi connectivity index (χ1n) is 6.52. The summed E-state index contributed by atoms with van der Waals surface area (Å²) in [5, 5.41) is 1.82. The average Bonchev–Trinajstić information content (AvgIpc) is 3.07. The molecule has 2 amide bonds. The maximum atomic E-state index is 12.6. The molecule has 0 spiro atoms. The minimum absolute atomic E-state index is 0.206. The zero-order valence-electron chi connectivity index (χ0n) is 10.6. The van der Waals surface area contributed by atoms with Crippen LogP contribution in [0.3, 0.4) is 0 Å². The normalized spacial score (nSPS) is 17.5. The fraction of sp³-hybridized carbons (Fsp3) is 0.0588. The van der Waals surface area contributed by atoms with E-state index in [2.05, 4.69) is 0 Å². The summed E-state index contributed by atoms with van der Waals surface area (Å²) < 4.78 is 0. The zero-order valence-corrected chi connectivity index (χ0v) is 10.6. The van der Waals surface area contributed by atoms with Crippen molar-refractivity contribution in [3.8, 4) is 0 Å². The minimum atomic E-state index is -0.263. The molecule has 0 unspecified atom stereocenters. The number of rotatable bonds is 1. The van der Waals surface area contributed by atoms with Crippen LogP contribution in [0.15, 0.2) is 60.7 Å². The lowest BCUT2D eigenvalue weighted by atomic mass is 10.0. The lowest BCUT2D eigenvalue weighted by Gasteiger charge is -2.18. The van der Waals surface area contributed by atoms with Gasteiger partial charge in [-0.2, -0.15) is 0 Å². The van der Waals surface area contributed by atoms with Crippen LogP contribution in [0, 0.1) is 0 Å². The van der Waals surface area contributed by atoms with E-state index in [9.17, 15) is 9.59 Å². The molecule has 1 aliphatic heterocycles. The number of benzene rings is 2. The van der Waals surface area contributed by atoms with E-state index >= 15 is 0 Å². The Hall–Kier alpha value is -2.68. The SMILES string of the molecule is O=C1c2ccc3ccccc3c2C(=O)N1C1C=CC=C1. The van der Waals surface area contributed by atoms with E-state index in [4.69, 9.17) is 0 Å². The maximum absolute atomic E-state index is 12.6. The van der Waals surface area contributed by atoms with Gasteiger partial charge in [-0.1, -0.05) is 54.6 Å². The Labute approximate surface area is 115 Å². The van der Waals surface area contributed by atoms with Gasteiger partial charge in [0.1, 0.15) is 0 Å². The summed E-state index contributed by atoms with van der Waals surface area (Å²) in [7, 11) is 0. The largest absolute Gasteiger partial charge is 0.269 e. The molecule has 0 aromatic heterocycles. The van der Waals surface area contributed by atoms with E-state index in [-0.39, 0.29) is 17.9 Å². The standard InChI is InChI=1S/C17H11NO2/c19-16-14-10-9-11-5-1-4-8-13(11)15(14)17(20)18(16)12-6-2-3-7-12/h1-10,12H. The van der Waals surface area contributed by atoms with Crippen LogP contribution in [-0.2, 0) is 0 Å². The van der Waals surface area contributed by atoms with Gasteiger partial charge in [0.2, 0.25) is 0 Å². The van der Waals surface area contributed by atoms with E-state index in [1.165, 1.54) is 4.90 Å². The van der Waals surface area contributed by atoms with Crippen molar-refractivity contribution in [1.29, 1.82) is 0 Å². The quantitative estimate of drug-likeness (QED) is 0.740. The van der Waals surface area contributed by atoms with Crippen LogP contribution in [0.4, 0.5) is 0 Å². The number of nitrogens with zero attached hydrogens (tertiary/aromatic N) is 1. The highest BCUT2D eigenvalue weighted by molar-refractivity contribution is 6.26. The van der Waals surface area contributed by atoms with Crippen LogP contribution in [0.1, 0.15) is 20.7 Å². The summed E-state index contributed by atoms with van der Waals surface area (Å²) in [6, 6.07) is 11.0. The Bertz CT molecular complexity index is 805. The van der Waals surface area contributed by atoms with Crippen LogP contribution < -0.4 is 0 Å². The molecule has 0 saturated heterocycles. The van der Waals surface area contributed by atoms with E-state index in [1.54, 1.807) is 6.07 Å². The number of imide groups is 1. The van der Waals surface area contributed by atoms with Crippen molar-refractivity contribution in [3.63, 3.8) is 0 Å². The second kappa shape index (κ2) is 3.90. The van der Waals surface area contributed by atoms with Gasteiger partial charge < -0.3 is 0 Å². The Kier molecular flexibility index (Phi) is 2.18. The topological polar surface area (TPSA) is 37.4 Å². The predicted molar refractivity (Wildman–Crippen MR) is 76.5 cm³/mol. The second-order valence-corrected chi connectivity index (χ2v) is 4.95. The minimum Gasteiger partial charge on any atom is -0.269 e. The van der Waals surface area contributed by atoms with Crippen molar-refractivity contribution in [2.75, 3.05) is 0 Å². The second-order valence-electron chi connectivity index (χ2n) is 4.95. The molecule has 96 valence electrons. The van der Waals surface area contributed by atoms with Gasteiger partial charge in [-0.25, -0.2) is 0 Å². The fourth-order valence-electron chi connectivity index (χ4n) is 2.89. The highest BCUT2D eigenvalue weighted by atomic mass is 16.2. The third-order valence-electron chi connectivity index (χ3n) is 3.84. The third kappa shape index (κ3) is 1.35. The summed E-state index contributed by atoms with van der Waals surface area (Å²) in [6.45, 7) is 0. The van der Waals surface area contributed by atoms with Crippen LogP contribution >= 0.6 is 0 Å². The molecular weight excluding hydrogens is 250 g/mol. The van der Waals surface area contributed by atoms with E-state index in [1.807, 2.05) is 54.6 Å². The molecule has 1 aliphatic carbocycles. The van der Waals surface area contributed by atoms with Crippen molar-refractivity contribution >= 4 is 22.6 Å². The summed E-state index contributed by atoms with van der Waals surface area (Å²) in [6.07, 6.45) is 7.41. The summed E-state index contributed by atoms with van der Waals surface area (Å²) >= 11 is 0. The molecule has 0 saturated carbocycles. The predicted octanol–water partition coefficient (Wildman–Crippen LogP) is 2.93. The van der Waals surface area contributed by atoms with E-state index in [0.717, 1.165) is 10.8 Å². The van der Waals surface area contributed by atoms with Gasteiger partial charge in [0, 0.05) is 0 Å². The summed E-state index contributed by atoms with van der Waals surface area (Å²) in [5.41, 5.74) is 1.03. The lowest BCUT2D eigenvalue weighted by molar-refractivity contribution is 0.0641. The molecular formula is C17H11NO2. The number of hydrogen-bond acceptors (Lipinski definition) is 2. The van der Waals surface area contributed by atoms with E-state index < -0.39 is 0 Å². The fourth-order valence-corrected chi connectivity index (χ4v) is 2.89. The molecule has 1 heterocycles. The molecule has 3 nitrogen and oxygen atoms in total. The van der Waals surface area contributed by atoms with Crippen molar-refractivity contribution in [3.05, 3.63) is 71.8 Å². The Morgan fingerprint density at radius 2 is 1.60 bits per heavy atom. The number of fused-ring (bicyclic) bond motifs is 3. The molecule has 2 aliphatic rings. The van der Waals surface area contributed by atoms with Gasteiger partial charge in [0.25, 0.3) is 11.8 Å². The molecule has 2 aromatic carbocycles. The van der Waals surface area contributed by atoms with Crippen LogP contribution in [0.2, 0.25) is 0 Å². The molecule has 0 fully saturated rings. The first-order valence-corrected chi connectivity index (χ1v) is 6.52. The van der Waals surface area contributed by atoms with Crippen molar-refractivity contribution in [2.24, 2.45) is 0 Å². The molecule has 2 aromatic rings. The Morgan fingerprint density at radius 3 is 2.40 bits per heavy atom. The lowest BCUT2D eigenvalue weighted by Crippen LogP contribution is -2.36. The van der Waals surface area contributed by atoms with Gasteiger partial charge in [-0.15, -0.1) is 0 Å². The monoisotopic (exact) mass is 261 g/mol. The number of carbonyl (C=O) groups is 2. The van der Waals surface area contributed by atoms with E-state index in [0.29, 0.717) is 11.1 Å². The zero-order chi connectivity index (χ0) is 13.7. The smallest absolute Gasteiger partial charge is 0.262 e. The molecule has 0 N–H and O–H groups in total. The molecule has 20 heavy (non-hydrogen) atoms. The van der Waals surface area contributed by atoms with Gasteiger partial charge in [-0.05, 0) is 16.8 Å². The van der Waals surface area contributed by atoms with Gasteiger partial charge in [0.05, 0.1) is 17.2 Å². The van der Waals surface area contributed by atoms with Crippen LogP contribution in [-0.4, -0.2) is 22.8 Å².